The van der Waals surface area contributed by atoms with Gasteiger partial charge in [0, 0.05) is 19.6 Å². The number of hydrogen-bond donors (Lipinski definition) is 1. The second-order valence-electron chi connectivity index (χ2n) is 6.71. The van der Waals surface area contributed by atoms with Gasteiger partial charge in [0.15, 0.2) is 22.3 Å². The van der Waals surface area contributed by atoms with Gasteiger partial charge in [-0.1, -0.05) is 11.6 Å². The molecular weight excluding hydrogens is 451 g/mol. The minimum Gasteiger partial charge on any atom is -0.491 e. The van der Waals surface area contributed by atoms with E-state index in [9.17, 15) is 26.7 Å². The number of aromatic nitrogens is 2. The van der Waals surface area contributed by atoms with Crippen LogP contribution in [0.3, 0.4) is 0 Å². The molecule has 1 aliphatic rings. The van der Waals surface area contributed by atoms with Crippen molar-refractivity contribution in [1.82, 2.24) is 10.2 Å². The third-order valence-corrected chi connectivity index (χ3v) is 5.15. The fourth-order valence-corrected chi connectivity index (χ4v) is 3.57. The zero-order chi connectivity index (χ0) is 23.0. The number of carbonyl (C=O) groups is 1. The summed E-state index contributed by atoms with van der Waals surface area (Å²) in [5, 5.41) is 9.41. The van der Waals surface area contributed by atoms with Crippen LogP contribution in [0.15, 0.2) is 24.4 Å². The molecule has 7 nitrogen and oxygen atoms in total. The van der Waals surface area contributed by atoms with Gasteiger partial charge in [-0.25, -0.2) is 4.39 Å². The first kappa shape index (κ1) is 22.9. The van der Waals surface area contributed by atoms with Crippen LogP contribution in [0, 0.1) is 11.6 Å². The predicted octanol–water partition coefficient (Wildman–Crippen LogP) is 3.58. The number of anilines is 2. The lowest BCUT2D eigenvalue weighted by Gasteiger charge is -2.31. The SMILES string of the molecule is COc1c(N2C[C@@](OC)(C(F)(F)F)C[C@H]2C(=O)Nc2cnnc(Cl)c2)ccc(F)c1F. The topological polar surface area (TPSA) is 76.6 Å². The fourth-order valence-electron chi connectivity index (χ4n) is 3.41. The zero-order valence-corrected chi connectivity index (χ0v) is 16.9. The highest BCUT2D eigenvalue weighted by atomic mass is 35.5. The number of methoxy groups -OCH3 is 2. The molecule has 31 heavy (non-hydrogen) atoms. The summed E-state index contributed by atoms with van der Waals surface area (Å²) in [6, 6.07) is 1.53. The Hall–Kier alpha value is -2.73. The van der Waals surface area contributed by atoms with Gasteiger partial charge in [-0.3, -0.25) is 4.79 Å². The summed E-state index contributed by atoms with van der Waals surface area (Å²) < 4.78 is 79.1. The second kappa shape index (κ2) is 8.42. The summed E-state index contributed by atoms with van der Waals surface area (Å²) >= 11 is 5.71. The third kappa shape index (κ3) is 4.22. The molecule has 168 valence electrons. The first-order valence-electron chi connectivity index (χ1n) is 8.72. The molecule has 0 saturated carbocycles. The minimum absolute atomic E-state index is 0.0510. The lowest BCUT2D eigenvalue weighted by Crippen LogP contribution is -2.49. The van der Waals surface area contributed by atoms with Crippen molar-refractivity contribution in [2.24, 2.45) is 0 Å². The van der Waals surface area contributed by atoms with Crippen LogP contribution in [0.25, 0.3) is 0 Å². The van der Waals surface area contributed by atoms with Gasteiger partial charge in [0.1, 0.15) is 6.04 Å². The van der Waals surface area contributed by atoms with Crippen molar-refractivity contribution >= 4 is 28.9 Å². The van der Waals surface area contributed by atoms with Gasteiger partial charge in [-0.05, 0) is 12.1 Å². The molecule has 1 N–H and O–H groups in total. The molecule has 1 amide bonds. The summed E-state index contributed by atoms with van der Waals surface area (Å²) in [6.07, 6.45) is -4.52. The molecule has 1 aromatic carbocycles. The smallest absolute Gasteiger partial charge is 0.419 e. The zero-order valence-electron chi connectivity index (χ0n) is 16.1. The highest BCUT2D eigenvalue weighted by Crippen LogP contribution is 2.47. The van der Waals surface area contributed by atoms with Crippen LogP contribution in [-0.2, 0) is 9.53 Å². The van der Waals surface area contributed by atoms with E-state index in [1.807, 2.05) is 0 Å². The number of carbonyl (C=O) groups excluding carboxylic acids is 1. The Bertz CT molecular complexity index is 993. The molecule has 1 saturated heterocycles. The van der Waals surface area contributed by atoms with E-state index < -0.39 is 54.1 Å². The maximum atomic E-state index is 14.2. The number of amides is 1. The van der Waals surface area contributed by atoms with Crippen LogP contribution >= 0.6 is 11.6 Å². The largest absolute Gasteiger partial charge is 0.491 e. The van der Waals surface area contributed by atoms with E-state index in [1.165, 1.54) is 6.07 Å². The van der Waals surface area contributed by atoms with E-state index >= 15 is 0 Å². The van der Waals surface area contributed by atoms with E-state index in [0.717, 1.165) is 37.4 Å². The summed E-state index contributed by atoms with van der Waals surface area (Å²) in [5.41, 5.74) is -2.89. The van der Waals surface area contributed by atoms with Crippen LogP contribution in [-0.4, -0.2) is 54.7 Å². The number of alkyl halides is 3. The Balaban J connectivity index is 2.05. The molecular formula is C18H16ClF5N4O3. The van der Waals surface area contributed by atoms with Gasteiger partial charge in [0.05, 0.1) is 31.2 Å². The maximum absolute atomic E-state index is 14.2. The fraction of sp³-hybridized carbons (Fsp3) is 0.389. The van der Waals surface area contributed by atoms with Crippen molar-refractivity contribution in [3.8, 4) is 5.75 Å². The van der Waals surface area contributed by atoms with Crippen LogP contribution in [0.5, 0.6) is 5.75 Å². The van der Waals surface area contributed by atoms with Crippen molar-refractivity contribution in [1.29, 1.82) is 0 Å². The number of hydrogen-bond acceptors (Lipinski definition) is 6. The standard InChI is InChI=1S/C18H16ClF5N4O3/c1-30-15-11(4-3-10(20)14(15)21)28-8-17(31-2,18(22,23)24)6-12(28)16(29)26-9-5-13(19)27-25-7-9/h3-5,7,12H,6,8H2,1-2H3,(H,26,27,29)/t12-,17+/m0/s1. The second-order valence-corrected chi connectivity index (χ2v) is 7.10. The lowest BCUT2D eigenvalue weighted by molar-refractivity contribution is -0.261. The van der Waals surface area contributed by atoms with E-state index in [1.54, 1.807) is 0 Å². The molecule has 1 fully saturated rings. The summed E-state index contributed by atoms with van der Waals surface area (Å²) in [5.74, 6) is -4.17. The Morgan fingerprint density at radius 2 is 2.03 bits per heavy atom. The summed E-state index contributed by atoms with van der Waals surface area (Å²) in [6.45, 7) is -0.859. The van der Waals surface area contributed by atoms with E-state index in [4.69, 9.17) is 21.1 Å². The Morgan fingerprint density at radius 3 is 2.61 bits per heavy atom. The molecule has 13 heteroatoms. The van der Waals surface area contributed by atoms with Crippen molar-refractivity contribution in [3.05, 3.63) is 41.2 Å². The quantitative estimate of drug-likeness (QED) is 0.679. The number of benzene rings is 1. The van der Waals surface area contributed by atoms with Gasteiger partial charge in [0.25, 0.3) is 0 Å². The lowest BCUT2D eigenvalue weighted by atomic mass is 9.99. The van der Waals surface area contributed by atoms with E-state index in [0.29, 0.717) is 0 Å². The maximum Gasteiger partial charge on any atom is 0.419 e. The molecule has 0 spiro atoms. The molecule has 1 aromatic heterocycles. The van der Waals surface area contributed by atoms with Crippen molar-refractivity contribution in [2.45, 2.75) is 24.2 Å². The molecule has 0 aliphatic carbocycles. The molecule has 0 bridgehead atoms. The molecule has 1 aliphatic heterocycles. The average Bonchev–Trinajstić information content (AvgIpc) is 3.11. The van der Waals surface area contributed by atoms with Gasteiger partial charge in [0.2, 0.25) is 11.7 Å². The average molecular weight is 467 g/mol. The molecule has 0 unspecified atom stereocenters. The first-order chi connectivity index (χ1) is 14.5. The number of nitrogens with one attached hydrogen (secondary N) is 1. The molecule has 2 heterocycles. The van der Waals surface area contributed by atoms with Crippen LogP contribution in [0.1, 0.15) is 6.42 Å². The molecule has 2 aromatic rings. The van der Waals surface area contributed by atoms with Crippen LogP contribution < -0.4 is 15.0 Å². The van der Waals surface area contributed by atoms with Gasteiger partial charge >= 0.3 is 6.18 Å². The van der Waals surface area contributed by atoms with E-state index in [-0.39, 0.29) is 16.5 Å². The predicted molar refractivity (Wildman–Crippen MR) is 100 cm³/mol. The van der Waals surface area contributed by atoms with E-state index in [2.05, 4.69) is 15.5 Å². The minimum atomic E-state index is -4.86. The highest BCUT2D eigenvalue weighted by Gasteiger charge is 2.63. The molecule has 2 atom stereocenters. The monoisotopic (exact) mass is 466 g/mol. The number of ether oxygens (including phenoxy) is 2. The molecule has 3 rings (SSSR count). The van der Waals surface area contributed by atoms with Gasteiger partial charge in [-0.2, -0.15) is 22.7 Å². The van der Waals surface area contributed by atoms with Crippen LogP contribution in [0.2, 0.25) is 5.15 Å². The van der Waals surface area contributed by atoms with Crippen molar-refractivity contribution < 1.29 is 36.2 Å². The van der Waals surface area contributed by atoms with Gasteiger partial charge < -0.3 is 19.7 Å². The highest BCUT2D eigenvalue weighted by molar-refractivity contribution is 6.29. The van der Waals surface area contributed by atoms with Crippen molar-refractivity contribution in [3.63, 3.8) is 0 Å². The number of halogens is 6. The Labute approximate surface area is 178 Å². The van der Waals surface area contributed by atoms with Gasteiger partial charge in [-0.15, -0.1) is 5.10 Å². The summed E-state index contributed by atoms with van der Waals surface area (Å²) in [4.78, 5) is 13.9. The Morgan fingerprint density at radius 1 is 1.32 bits per heavy atom. The number of nitrogens with zero attached hydrogens (tertiary/aromatic N) is 3. The molecule has 0 radical (unpaired) electrons. The first-order valence-corrected chi connectivity index (χ1v) is 9.10. The normalized spacial score (nSPS) is 21.3. The van der Waals surface area contributed by atoms with Crippen molar-refractivity contribution in [2.75, 3.05) is 31.0 Å². The number of rotatable bonds is 5. The third-order valence-electron chi connectivity index (χ3n) is 4.97. The Kier molecular flexibility index (Phi) is 6.23. The summed E-state index contributed by atoms with van der Waals surface area (Å²) in [7, 11) is 1.89. The van der Waals surface area contributed by atoms with Crippen LogP contribution in [0.4, 0.5) is 33.3 Å².